The number of hydrogen-bond acceptors (Lipinski definition) is 4. The zero-order chi connectivity index (χ0) is 15.9. The molecule has 1 unspecified atom stereocenters. The molecule has 0 radical (unpaired) electrons. The molecule has 7 heteroatoms. The standard InChI is InChI=1S/C16H25N3O2S.ClH/c1-2-12-7-10-22-15(12)16(21)19-9-4-3-5-13(19)11-18-14(20)6-8-17;/h7,10,13H,2-6,8-9,11,17H2,1H3,(H,18,20);1H. The van der Waals surface area contributed by atoms with E-state index >= 15 is 0 Å². The molecule has 2 rings (SSSR count). The first-order chi connectivity index (χ1) is 10.7. The summed E-state index contributed by atoms with van der Waals surface area (Å²) in [5, 5.41) is 4.88. The van der Waals surface area contributed by atoms with Crippen molar-refractivity contribution in [2.45, 2.75) is 45.1 Å². The molecule has 0 aliphatic carbocycles. The second-order valence-corrected chi connectivity index (χ2v) is 6.54. The van der Waals surface area contributed by atoms with Crippen LogP contribution in [0.2, 0.25) is 0 Å². The Bertz CT molecular complexity index is 521. The molecule has 2 heterocycles. The summed E-state index contributed by atoms with van der Waals surface area (Å²) >= 11 is 1.52. The predicted molar refractivity (Wildman–Crippen MR) is 96.3 cm³/mol. The minimum atomic E-state index is -0.0363. The van der Waals surface area contributed by atoms with Crippen LogP contribution in [-0.4, -0.2) is 42.4 Å². The molecule has 0 spiro atoms. The van der Waals surface area contributed by atoms with Crippen molar-refractivity contribution in [1.29, 1.82) is 0 Å². The van der Waals surface area contributed by atoms with Crippen molar-refractivity contribution in [2.24, 2.45) is 5.73 Å². The van der Waals surface area contributed by atoms with E-state index < -0.39 is 0 Å². The van der Waals surface area contributed by atoms with Gasteiger partial charge in [0.1, 0.15) is 0 Å². The summed E-state index contributed by atoms with van der Waals surface area (Å²) in [5.41, 5.74) is 6.50. The van der Waals surface area contributed by atoms with Gasteiger partial charge in [-0.3, -0.25) is 9.59 Å². The molecule has 1 aromatic rings. The quantitative estimate of drug-likeness (QED) is 0.817. The first-order valence-electron chi connectivity index (χ1n) is 8.01. The number of aryl methyl sites for hydroxylation is 1. The van der Waals surface area contributed by atoms with Gasteiger partial charge < -0.3 is 16.0 Å². The summed E-state index contributed by atoms with van der Waals surface area (Å²) in [6.07, 6.45) is 4.29. The van der Waals surface area contributed by atoms with Crippen LogP contribution >= 0.6 is 23.7 Å². The monoisotopic (exact) mass is 359 g/mol. The third-order valence-corrected chi connectivity index (χ3v) is 5.06. The molecule has 1 atom stereocenters. The Morgan fingerprint density at radius 3 is 2.91 bits per heavy atom. The minimum Gasteiger partial charge on any atom is -0.354 e. The molecule has 1 fully saturated rings. The molecular formula is C16H26ClN3O2S. The van der Waals surface area contributed by atoms with Crippen LogP contribution in [0, 0.1) is 0 Å². The molecule has 1 saturated heterocycles. The Morgan fingerprint density at radius 2 is 2.22 bits per heavy atom. The molecule has 3 N–H and O–H groups in total. The highest BCUT2D eigenvalue weighted by molar-refractivity contribution is 7.12. The van der Waals surface area contributed by atoms with Crippen LogP contribution in [0.3, 0.4) is 0 Å². The largest absolute Gasteiger partial charge is 0.354 e. The van der Waals surface area contributed by atoms with E-state index in [-0.39, 0.29) is 30.3 Å². The molecule has 1 aliphatic heterocycles. The van der Waals surface area contributed by atoms with Gasteiger partial charge >= 0.3 is 0 Å². The van der Waals surface area contributed by atoms with Crippen molar-refractivity contribution in [1.82, 2.24) is 10.2 Å². The van der Waals surface area contributed by atoms with Gasteiger partial charge in [-0.1, -0.05) is 6.92 Å². The highest BCUT2D eigenvalue weighted by Gasteiger charge is 2.29. The Morgan fingerprint density at radius 1 is 1.43 bits per heavy atom. The van der Waals surface area contributed by atoms with Crippen molar-refractivity contribution >= 4 is 35.6 Å². The summed E-state index contributed by atoms with van der Waals surface area (Å²) in [5.74, 6) is 0.0791. The second kappa shape index (κ2) is 9.90. The van der Waals surface area contributed by atoms with Crippen molar-refractivity contribution in [2.75, 3.05) is 19.6 Å². The van der Waals surface area contributed by atoms with Crippen LogP contribution in [-0.2, 0) is 11.2 Å². The lowest BCUT2D eigenvalue weighted by Gasteiger charge is -2.36. The maximum absolute atomic E-state index is 12.8. The highest BCUT2D eigenvalue weighted by Crippen LogP contribution is 2.24. The fraction of sp³-hybridized carbons (Fsp3) is 0.625. The summed E-state index contributed by atoms with van der Waals surface area (Å²) in [4.78, 5) is 27.2. The van der Waals surface area contributed by atoms with Crippen molar-refractivity contribution in [3.05, 3.63) is 21.9 Å². The van der Waals surface area contributed by atoms with Crippen LogP contribution in [0.5, 0.6) is 0 Å². The van der Waals surface area contributed by atoms with Gasteiger partial charge in [0.2, 0.25) is 5.91 Å². The average molecular weight is 360 g/mol. The number of nitrogens with one attached hydrogen (secondary N) is 1. The van der Waals surface area contributed by atoms with E-state index in [2.05, 4.69) is 12.2 Å². The maximum atomic E-state index is 12.8. The fourth-order valence-electron chi connectivity index (χ4n) is 2.86. The van der Waals surface area contributed by atoms with Gasteiger partial charge in [-0.2, -0.15) is 0 Å². The lowest BCUT2D eigenvalue weighted by atomic mass is 10.0. The van der Waals surface area contributed by atoms with Crippen molar-refractivity contribution in [3.8, 4) is 0 Å². The van der Waals surface area contributed by atoms with E-state index in [9.17, 15) is 9.59 Å². The smallest absolute Gasteiger partial charge is 0.264 e. The maximum Gasteiger partial charge on any atom is 0.264 e. The normalized spacial score (nSPS) is 17.5. The van der Waals surface area contributed by atoms with E-state index in [4.69, 9.17) is 5.73 Å². The zero-order valence-corrected chi connectivity index (χ0v) is 15.2. The Kier molecular flexibility index (Phi) is 8.58. The minimum absolute atomic E-state index is 0. The number of nitrogens with zero attached hydrogens (tertiary/aromatic N) is 1. The van der Waals surface area contributed by atoms with E-state index in [1.54, 1.807) is 0 Å². The Balaban J connectivity index is 0.00000264. The summed E-state index contributed by atoms with van der Waals surface area (Å²) in [6.45, 7) is 3.72. The summed E-state index contributed by atoms with van der Waals surface area (Å²) in [7, 11) is 0. The van der Waals surface area contributed by atoms with Crippen LogP contribution in [0.4, 0.5) is 0 Å². The van der Waals surface area contributed by atoms with Gasteiger partial charge in [-0.25, -0.2) is 0 Å². The van der Waals surface area contributed by atoms with Gasteiger partial charge in [0.05, 0.1) is 4.88 Å². The molecule has 0 bridgehead atoms. The molecule has 2 amide bonds. The lowest BCUT2D eigenvalue weighted by molar-refractivity contribution is -0.121. The third-order valence-electron chi connectivity index (χ3n) is 4.12. The van der Waals surface area contributed by atoms with E-state index in [1.165, 1.54) is 11.3 Å². The predicted octanol–water partition coefficient (Wildman–Crippen LogP) is 2.19. The summed E-state index contributed by atoms with van der Waals surface area (Å²) in [6, 6.07) is 2.12. The molecule has 5 nitrogen and oxygen atoms in total. The Labute approximate surface area is 148 Å². The highest BCUT2D eigenvalue weighted by atomic mass is 35.5. The van der Waals surface area contributed by atoms with E-state index in [0.717, 1.165) is 42.7 Å². The molecule has 23 heavy (non-hydrogen) atoms. The van der Waals surface area contributed by atoms with Crippen LogP contribution in [0.15, 0.2) is 11.4 Å². The fourth-order valence-corrected chi connectivity index (χ4v) is 3.81. The number of rotatable bonds is 6. The first-order valence-corrected chi connectivity index (χ1v) is 8.89. The number of piperidine rings is 1. The van der Waals surface area contributed by atoms with Crippen LogP contribution < -0.4 is 11.1 Å². The van der Waals surface area contributed by atoms with Gasteiger partial charge in [-0.05, 0) is 42.7 Å². The van der Waals surface area contributed by atoms with Gasteiger partial charge in [0.25, 0.3) is 5.91 Å². The number of carbonyl (C=O) groups excluding carboxylic acids is 2. The molecule has 0 aromatic carbocycles. The molecule has 130 valence electrons. The number of likely N-dealkylation sites (tertiary alicyclic amines) is 1. The van der Waals surface area contributed by atoms with Gasteiger partial charge in [0.15, 0.2) is 0 Å². The zero-order valence-electron chi connectivity index (χ0n) is 13.5. The van der Waals surface area contributed by atoms with Crippen LogP contribution in [0.25, 0.3) is 0 Å². The third kappa shape index (κ3) is 5.19. The number of hydrogen-bond donors (Lipinski definition) is 2. The number of nitrogens with two attached hydrogens (primary N) is 1. The van der Waals surface area contributed by atoms with E-state index in [0.29, 0.717) is 19.5 Å². The average Bonchev–Trinajstić information content (AvgIpc) is 3.01. The number of amides is 2. The molecule has 1 aromatic heterocycles. The van der Waals surface area contributed by atoms with Crippen molar-refractivity contribution in [3.63, 3.8) is 0 Å². The number of thiophene rings is 1. The topological polar surface area (TPSA) is 75.4 Å². The lowest BCUT2D eigenvalue weighted by Crippen LogP contribution is -2.49. The molecule has 1 aliphatic rings. The van der Waals surface area contributed by atoms with Gasteiger partial charge in [-0.15, -0.1) is 23.7 Å². The molecule has 0 saturated carbocycles. The number of halogens is 1. The van der Waals surface area contributed by atoms with Gasteiger partial charge in [0, 0.05) is 32.1 Å². The SMILES string of the molecule is CCc1ccsc1C(=O)N1CCCCC1CNC(=O)CCN.Cl. The summed E-state index contributed by atoms with van der Waals surface area (Å²) < 4.78 is 0. The van der Waals surface area contributed by atoms with E-state index in [1.807, 2.05) is 16.3 Å². The Hall–Kier alpha value is -1.11. The second-order valence-electron chi connectivity index (χ2n) is 5.62. The van der Waals surface area contributed by atoms with Crippen molar-refractivity contribution < 1.29 is 9.59 Å². The van der Waals surface area contributed by atoms with Crippen LogP contribution in [0.1, 0.15) is 47.8 Å². The number of carbonyl (C=O) groups is 2. The first kappa shape index (κ1) is 19.9. The molecular weight excluding hydrogens is 334 g/mol.